The Morgan fingerprint density at radius 2 is 1.62 bits per heavy atom. The third-order valence-corrected chi connectivity index (χ3v) is 5.94. The fourth-order valence-corrected chi connectivity index (χ4v) is 4.37. The average molecular weight is 399 g/mol. The highest BCUT2D eigenvalue weighted by Crippen LogP contribution is 2.30. The third kappa shape index (κ3) is 4.22. The number of nitrogens with zero attached hydrogens (tertiary/aromatic N) is 1. The third-order valence-electron chi connectivity index (χ3n) is 5.94. The number of morpholine rings is 1. The number of ether oxygens (including phenoxy) is 1. The Bertz CT molecular complexity index is 828. The van der Waals surface area contributed by atoms with Gasteiger partial charge in [0.25, 0.3) is 0 Å². The van der Waals surface area contributed by atoms with Crippen LogP contribution >= 0.6 is 0 Å². The van der Waals surface area contributed by atoms with Crippen molar-refractivity contribution in [2.45, 2.75) is 32.1 Å². The molecule has 1 aliphatic heterocycles. The molecule has 0 spiro atoms. The monoisotopic (exact) mass is 399 g/mol. The maximum atomic E-state index is 13.2. The van der Waals surface area contributed by atoms with Gasteiger partial charge in [0, 0.05) is 30.8 Å². The van der Waals surface area contributed by atoms with E-state index in [0.29, 0.717) is 23.4 Å². The standard InChI is InChI=1S/C22H29N3O4/c1-28-24-20-19(23-7-4-8-25-9-11-29-12-10-25)21(26)17-13-15-5-2-3-6-16(15)14-18(17)22(20)27/h13-14,23-24H,2-12H2,1H3. The van der Waals surface area contributed by atoms with Crippen LogP contribution in [0.1, 0.15) is 51.1 Å². The zero-order valence-electron chi connectivity index (χ0n) is 17.0. The van der Waals surface area contributed by atoms with Gasteiger partial charge in [0.2, 0.25) is 11.6 Å². The van der Waals surface area contributed by atoms with Gasteiger partial charge < -0.3 is 10.1 Å². The van der Waals surface area contributed by atoms with Gasteiger partial charge in [-0.1, -0.05) is 0 Å². The van der Waals surface area contributed by atoms with Gasteiger partial charge in [-0.2, -0.15) is 0 Å². The number of ketones is 2. The van der Waals surface area contributed by atoms with Gasteiger partial charge in [0.15, 0.2) is 0 Å². The SMILES string of the molecule is CONC1=C(NCCCN2CCOCC2)C(=O)c2cc3c(cc2C1=O)CCCC3. The van der Waals surface area contributed by atoms with Crippen LogP contribution in [0.3, 0.4) is 0 Å². The molecule has 0 bridgehead atoms. The molecular weight excluding hydrogens is 370 g/mol. The van der Waals surface area contributed by atoms with Gasteiger partial charge in [-0.3, -0.25) is 24.8 Å². The molecule has 2 aliphatic carbocycles. The Morgan fingerprint density at radius 1 is 1.00 bits per heavy atom. The van der Waals surface area contributed by atoms with Crippen LogP contribution in [0.5, 0.6) is 0 Å². The molecule has 0 radical (unpaired) electrons. The molecule has 0 atom stereocenters. The average Bonchev–Trinajstić information content (AvgIpc) is 2.76. The first-order valence-corrected chi connectivity index (χ1v) is 10.5. The molecule has 7 heteroatoms. The Hall–Kier alpha value is -2.22. The molecule has 1 fully saturated rings. The van der Waals surface area contributed by atoms with E-state index in [1.807, 2.05) is 12.1 Å². The minimum Gasteiger partial charge on any atom is -0.380 e. The molecule has 3 aliphatic rings. The van der Waals surface area contributed by atoms with Crippen molar-refractivity contribution in [3.05, 3.63) is 45.8 Å². The number of Topliss-reactive ketones (excluding diaryl/α,β-unsaturated/α-hetero) is 2. The van der Waals surface area contributed by atoms with Gasteiger partial charge in [-0.25, -0.2) is 0 Å². The smallest absolute Gasteiger partial charge is 0.214 e. The molecule has 1 heterocycles. The fraction of sp³-hybridized carbons (Fsp3) is 0.545. The molecule has 156 valence electrons. The second-order valence-electron chi connectivity index (χ2n) is 7.82. The van der Waals surface area contributed by atoms with Crippen molar-refractivity contribution in [1.82, 2.24) is 15.7 Å². The Morgan fingerprint density at radius 3 is 2.24 bits per heavy atom. The molecule has 1 aromatic rings. The number of nitrogens with one attached hydrogen (secondary N) is 2. The summed E-state index contributed by atoms with van der Waals surface area (Å²) in [5.74, 6) is -0.329. The van der Waals surface area contributed by atoms with Crippen molar-refractivity contribution in [2.24, 2.45) is 0 Å². The van der Waals surface area contributed by atoms with E-state index in [1.165, 1.54) is 18.2 Å². The van der Waals surface area contributed by atoms with Crippen LogP contribution in [-0.2, 0) is 22.4 Å². The fourth-order valence-electron chi connectivity index (χ4n) is 4.37. The van der Waals surface area contributed by atoms with Crippen molar-refractivity contribution in [3.63, 3.8) is 0 Å². The Balaban J connectivity index is 1.51. The normalized spacial score (nSPS) is 19.8. The minimum absolute atomic E-state index is 0.140. The lowest BCUT2D eigenvalue weighted by Gasteiger charge is -2.27. The summed E-state index contributed by atoms with van der Waals surface area (Å²) in [6, 6.07) is 3.85. The molecule has 1 aromatic carbocycles. The highest BCUT2D eigenvalue weighted by atomic mass is 16.6. The summed E-state index contributed by atoms with van der Waals surface area (Å²) in [6.45, 7) is 4.97. The van der Waals surface area contributed by atoms with Gasteiger partial charge in [-0.15, -0.1) is 0 Å². The summed E-state index contributed by atoms with van der Waals surface area (Å²) in [6.07, 6.45) is 5.07. The number of benzene rings is 1. The van der Waals surface area contributed by atoms with Gasteiger partial charge in [0.05, 0.1) is 20.3 Å². The van der Waals surface area contributed by atoms with Crippen LogP contribution in [0.25, 0.3) is 0 Å². The maximum Gasteiger partial charge on any atom is 0.214 e. The molecule has 7 nitrogen and oxygen atoms in total. The molecule has 1 saturated heterocycles. The number of carbonyl (C=O) groups is 2. The van der Waals surface area contributed by atoms with Gasteiger partial charge in [0.1, 0.15) is 11.4 Å². The van der Waals surface area contributed by atoms with Gasteiger partial charge in [-0.05, 0) is 61.9 Å². The number of aryl methyl sites for hydroxylation is 2. The highest BCUT2D eigenvalue weighted by molar-refractivity contribution is 6.26. The van der Waals surface area contributed by atoms with Crippen molar-refractivity contribution in [2.75, 3.05) is 46.5 Å². The quantitative estimate of drug-likeness (QED) is 0.533. The second kappa shape index (κ2) is 9.07. The number of allylic oxidation sites excluding steroid dienone is 2. The summed E-state index contributed by atoms with van der Waals surface area (Å²) in [7, 11) is 1.45. The Labute approximate surface area is 171 Å². The van der Waals surface area contributed by atoms with Crippen LogP contribution < -0.4 is 10.8 Å². The topological polar surface area (TPSA) is 79.9 Å². The predicted octanol–water partition coefficient (Wildman–Crippen LogP) is 1.62. The summed E-state index contributed by atoms with van der Waals surface area (Å²) in [4.78, 5) is 33.7. The molecule has 2 N–H and O–H groups in total. The van der Waals surface area contributed by atoms with E-state index in [-0.39, 0.29) is 17.3 Å². The summed E-state index contributed by atoms with van der Waals surface area (Å²) >= 11 is 0. The Kier molecular flexibility index (Phi) is 6.28. The number of rotatable bonds is 7. The minimum atomic E-state index is -0.189. The van der Waals surface area contributed by atoms with E-state index in [2.05, 4.69) is 15.7 Å². The van der Waals surface area contributed by atoms with E-state index in [4.69, 9.17) is 9.57 Å². The number of hydrogen-bond acceptors (Lipinski definition) is 7. The number of hydrogen-bond donors (Lipinski definition) is 2. The van der Waals surface area contributed by atoms with Gasteiger partial charge >= 0.3 is 0 Å². The highest BCUT2D eigenvalue weighted by Gasteiger charge is 2.34. The first-order chi connectivity index (χ1) is 14.2. The second-order valence-corrected chi connectivity index (χ2v) is 7.82. The maximum absolute atomic E-state index is 13.2. The molecule has 4 rings (SSSR count). The van der Waals surface area contributed by atoms with Crippen molar-refractivity contribution < 1.29 is 19.2 Å². The van der Waals surface area contributed by atoms with Crippen LogP contribution in [-0.4, -0.2) is 63.0 Å². The summed E-state index contributed by atoms with van der Waals surface area (Å²) in [5, 5.41) is 3.21. The van der Waals surface area contributed by atoms with E-state index in [1.54, 1.807) is 0 Å². The largest absolute Gasteiger partial charge is 0.380 e. The van der Waals surface area contributed by atoms with E-state index < -0.39 is 0 Å². The van der Waals surface area contributed by atoms with Crippen LogP contribution in [0, 0.1) is 0 Å². The van der Waals surface area contributed by atoms with Crippen molar-refractivity contribution in [1.29, 1.82) is 0 Å². The lowest BCUT2D eigenvalue weighted by atomic mass is 9.82. The molecule has 29 heavy (non-hydrogen) atoms. The van der Waals surface area contributed by atoms with Crippen LogP contribution in [0.2, 0.25) is 0 Å². The van der Waals surface area contributed by atoms with E-state index in [0.717, 1.165) is 65.0 Å². The lowest BCUT2D eigenvalue weighted by Crippen LogP contribution is -2.39. The van der Waals surface area contributed by atoms with Crippen LogP contribution in [0.4, 0.5) is 0 Å². The number of carbonyl (C=O) groups excluding carboxylic acids is 2. The zero-order chi connectivity index (χ0) is 20.2. The van der Waals surface area contributed by atoms with E-state index >= 15 is 0 Å². The zero-order valence-corrected chi connectivity index (χ0v) is 17.0. The molecular formula is C22H29N3O4. The lowest BCUT2D eigenvalue weighted by molar-refractivity contribution is 0.0375. The first kappa shape index (κ1) is 20.1. The molecule has 0 aromatic heterocycles. The first-order valence-electron chi connectivity index (χ1n) is 10.5. The predicted molar refractivity (Wildman–Crippen MR) is 109 cm³/mol. The molecule has 0 saturated carbocycles. The summed E-state index contributed by atoms with van der Waals surface area (Å²) in [5.41, 5.74) is 6.53. The summed E-state index contributed by atoms with van der Waals surface area (Å²) < 4.78 is 5.37. The number of hydroxylamine groups is 1. The van der Waals surface area contributed by atoms with E-state index in [9.17, 15) is 9.59 Å². The molecule has 0 amide bonds. The van der Waals surface area contributed by atoms with Crippen molar-refractivity contribution in [3.8, 4) is 0 Å². The van der Waals surface area contributed by atoms with Crippen LogP contribution in [0.15, 0.2) is 23.5 Å². The molecule has 0 unspecified atom stereocenters. The number of fused-ring (bicyclic) bond motifs is 2. The van der Waals surface area contributed by atoms with Crippen molar-refractivity contribution >= 4 is 11.6 Å².